The second-order valence-corrected chi connectivity index (χ2v) is 10.9. The van der Waals surface area contributed by atoms with Gasteiger partial charge in [-0.3, -0.25) is 9.59 Å². The number of ether oxygens (including phenoxy) is 2. The third-order valence-electron chi connectivity index (χ3n) is 8.64. The van der Waals surface area contributed by atoms with Crippen LogP contribution in [0.2, 0.25) is 0 Å². The molecule has 3 aromatic rings. The summed E-state index contributed by atoms with van der Waals surface area (Å²) in [5.74, 6) is -1.41. The molecule has 0 fully saturated rings. The van der Waals surface area contributed by atoms with E-state index in [1.807, 2.05) is 6.92 Å². The van der Waals surface area contributed by atoms with Crippen LogP contribution in [-0.2, 0) is 44.2 Å². The van der Waals surface area contributed by atoms with Gasteiger partial charge in [-0.2, -0.15) is 0 Å². The lowest BCUT2D eigenvalue weighted by Gasteiger charge is -2.31. The zero-order valence-electron chi connectivity index (χ0n) is 23.0. The molecule has 2 aromatic heterocycles. The van der Waals surface area contributed by atoms with Gasteiger partial charge in [0.05, 0.1) is 35.1 Å². The Labute approximate surface area is 230 Å². The van der Waals surface area contributed by atoms with Gasteiger partial charge in [0.2, 0.25) is 5.91 Å². The standard InChI is InChI=1S/C30H32FN3O6/c1-5-9-39-15(4)27(35)33-21-8-7-16-14(3)20(31)11-22-24(16)25(21)17-12-34-23(26(17)32-22)10-19-18(28(34)36)13-40-29(37)30(19,38)6-2/h10-11,15,21,38H,5-9,12-13H2,1-4H3,(H,33,35)/t15?,21-,30-/m0/s1. The minimum atomic E-state index is -1.95. The van der Waals surface area contributed by atoms with Crippen molar-refractivity contribution >= 4 is 22.8 Å². The van der Waals surface area contributed by atoms with Gasteiger partial charge in [0.25, 0.3) is 5.56 Å². The molecule has 1 aromatic carbocycles. The number of esters is 1. The van der Waals surface area contributed by atoms with Gasteiger partial charge >= 0.3 is 5.97 Å². The number of fused-ring (bicyclic) bond motifs is 5. The molecule has 0 saturated heterocycles. The smallest absolute Gasteiger partial charge is 0.343 e. The quantitative estimate of drug-likeness (QED) is 0.354. The van der Waals surface area contributed by atoms with Crippen molar-refractivity contribution < 1.29 is 28.6 Å². The highest BCUT2D eigenvalue weighted by molar-refractivity contribution is 5.94. The number of rotatable bonds is 6. The third kappa shape index (κ3) is 3.72. The lowest BCUT2D eigenvalue weighted by molar-refractivity contribution is -0.172. The normalized spacial score (nSPS) is 21.4. The minimum absolute atomic E-state index is 0.0330. The second-order valence-electron chi connectivity index (χ2n) is 10.9. The Bertz CT molecular complexity index is 1660. The van der Waals surface area contributed by atoms with Crippen molar-refractivity contribution in [1.82, 2.24) is 14.9 Å². The van der Waals surface area contributed by atoms with Crippen LogP contribution in [-0.4, -0.2) is 39.2 Å². The first-order valence-corrected chi connectivity index (χ1v) is 13.8. The molecule has 0 saturated carbocycles. The summed E-state index contributed by atoms with van der Waals surface area (Å²) in [5, 5.41) is 15.1. The highest BCUT2D eigenvalue weighted by atomic mass is 19.1. The molecular formula is C30H32FN3O6. The van der Waals surface area contributed by atoms with Crippen molar-refractivity contribution in [3.63, 3.8) is 0 Å². The zero-order chi connectivity index (χ0) is 28.5. The summed E-state index contributed by atoms with van der Waals surface area (Å²) in [5.41, 5.74) is 2.46. The van der Waals surface area contributed by atoms with Gasteiger partial charge in [-0.1, -0.05) is 13.8 Å². The molecule has 3 aliphatic rings. The number of pyridine rings is 2. The molecule has 3 atom stereocenters. The van der Waals surface area contributed by atoms with Gasteiger partial charge in [-0.15, -0.1) is 0 Å². The van der Waals surface area contributed by atoms with Crippen LogP contribution < -0.4 is 10.9 Å². The van der Waals surface area contributed by atoms with E-state index >= 15 is 4.39 Å². The maximum absolute atomic E-state index is 15.0. The fraction of sp³-hybridized carbons (Fsp3) is 0.467. The number of hydrogen-bond acceptors (Lipinski definition) is 7. The van der Waals surface area contributed by atoms with Crippen LogP contribution >= 0.6 is 0 Å². The van der Waals surface area contributed by atoms with Crippen LogP contribution in [0.3, 0.4) is 0 Å². The number of nitrogens with one attached hydrogen (secondary N) is 1. The Morgan fingerprint density at radius 3 is 2.80 bits per heavy atom. The summed E-state index contributed by atoms with van der Waals surface area (Å²) in [6, 6.07) is 2.64. The van der Waals surface area contributed by atoms with Gasteiger partial charge in [-0.05, 0) is 62.3 Å². The van der Waals surface area contributed by atoms with E-state index in [0.29, 0.717) is 41.9 Å². The molecule has 10 heteroatoms. The molecule has 40 heavy (non-hydrogen) atoms. The SMILES string of the molecule is CCCOC(C)C(=O)N[C@H]1CCc2c(C)c(F)cc3nc4c(c1c23)Cn1c-4cc2c(c1=O)COC(=O)[C@]2(O)CC. The monoisotopic (exact) mass is 549 g/mol. The fourth-order valence-corrected chi connectivity index (χ4v) is 6.36. The number of halogens is 1. The number of cyclic esters (lactones) is 1. The van der Waals surface area contributed by atoms with Crippen LogP contribution in [0.25, 0.3) is 22.3 Å². The topological polar surface area (TPSA) is 120 Å². The lowest BCUT2D eigenvalue weighted by atomic mass is 9.81. The first-order chi connectivity index (χ1) is 19.1. The Balaban J connectivity index is 1.56. The summed E-state index contributed by atoms with van der Waals surface area (Å²) in [6.07, 6.45) is 1.29. The van der Waals surface area contributed by atoms with Gasteiger partial charge < -0.3 is 24.5 Å². The van der Waals surface area contributed by atoms with E-state index in [2.05, 4.69) is 5.32 Å². The Hall–Kier alpha value is -3.63. The predicted molar refractivity (Wildman–Crippen MR) is 144 cm³/mol. The number of aliphatic hydroxyl groups is 1. The number of benzene rings is 1. The molecular weight excluding hydrogens is 517 g/mol. The van der Waals surface area contributed by atoms with E-state index in [0.717, 1.165) is 28.5 Å². The molecule has 0 bridgehead atoms. The average Bonchev–Trinajstić information content (AvgIpc) is 3.31. The predicted octanol–water partition coefficient (Wildman–Crippen LogP) is 3.45. The number of aryl methyl sites for hydroxylation is 1. The summed E-state index contributed by atoms with van der Waals surface area (Å²) >= 11 is 0. The van der Waals surface area contributed by atoms with E-state index in [-0.39, 0.29) is 48.0 Å². The van der Waals surface area contributed by atoms with Gasteiger partial charge in [0.15, 0.2) is 5.60 Å². The van der Waals surface area contributed by atoms with Crippen LogP contribution in [0.4, 0.5) is 4.39 Å². The van der Waals surface area contributed by atoms with Crippen molar-refractivity contribution in [3.8, 4) is 11.4 Å². The van der Waals surface area contributed by atoms with Gasteiger partial charge in [0, 0.05) is 29.2 Å². The summed E-state index contributed by atoms with van der Waals surface area (Å²) < 4.78 is 27.4. The molecule has 1 aliphatic carbocycles. The number of nitrogens with zero attached hydrogens (tertiary/aromatic N) is 2. The first-order valence-electron chi connectivity index (χ1n) is 13.8. The Kier molecular flexibility index (Phi) is 6.30. The van der Waals surface area contributed by atoms with Crippen molar-refractivity contribution in [2.45, 2.75) is 84.3 Å². The largest absolute Gasteiger partial charge is 0.458 e. The maximum Gasteiger partial charge on any atom is 0.343 e. The number of carbonyl (C=O) groups is 2. The van der Waals surface area contributed by atoms with Crippen molar-refractivity contribution in [2.24, 2.45) is 0 Å². The number of amides is 1. The first kappa shape index (κ1) is 26.6. The van der Waals surface area contributed by atoms with E-state index in [1.165, 1.54) is 6.07 Å². The van der Waals surface area contributed by atoms with E-state index in [9.17, 15) is 19.5 Å². The van der Waals surface area contributed by atoms with Crippen LogP contribution in [0, 0.1) is 12.7 Å². The molecule has 4 heterocycles. The highest BCUT2D eigenvalue weighted by Gasteiger charge is 2.46. The Morgan fingerprint density at radius 1 is 1.30 bits per heavy atom. The van der Waals surface area contributed by atoms with Crippen LogP contribution in [0.5, 0.6) is 0 Å². The molecule has 0 radical (unpaired) electrons. The average molecular weight is 550 g/mol. The highest BCUT2D eigenvalue weighted by Crippen LogP contribution is 2.45. The summed E-state index contributed by atoms with van der Waals surface area (Å²) in [4.78, 5) is 44.2. The van der Waals surface area contributed by atoms with E-state index < -0.39 is 23.7 Å². The Morgan fingerprint density at radius 2 is 2.08 bits per heavy atom. The number of hydrogen-bond donors (Lipinski definition) is 2. The third-order valence-corrected chi connectivity index (χ3v) is 8.64. The second kappa shape index (κ2) is 9.49. The molecule has 6 rings (SSSR count). The van der Waals surface area contributed by atoms with Gasteiger partial charge in [0.1, 0.15) is 18.5 Å². The summed E-state index contributed by atoms with van der Waals surface area (Å²) in [6.45, 7) is 7.52. The molecule has 9 nitrogen and oxygen atoms in total. The zero-order valence-corrected chi connectivity index (χ0v) is 23.0. The molecule has 2 aliphatic heterocycles. The van der Waals surface area contributed by atoms with Gasteiger partial charge in [-0.25, -0.2) is 14.2 Å². The van der Waals surface area contributed by atoms with Crippen molar-refractivity contribution in [2.75, 3.05) is 6.61 Å². The fourth-order valence-electron chi connectivity index (χ4n) is 6.36. The van der Waals surface area contributed by atoms with Crippen LogP contribution in [0.15, 0.2) is 16.9 Å². The molecule has 1 unspecified atom stereocenters. The molecule has 2 N–H and O–H groups in total. The number of carbonyl (C=O) groups excluding carboxylic acids is 2. The number of aromatic nitrogens is 2. The van der Waals surface area contributed by atoms with Crippen molar-refractivity contribution in [1.29, 1.82) is 0 Å². The van der Waals surface area contributed by atoms with E-state index in [4.69, 9.17) is 14.5 Å². The maximum atomic E-state index is 15.0. The lowest BCUT2D eigenvalue weighted by Crippen LogP contribution is -2.44. The minimum Gasteiger partial charge on any atom is -0.458 e. The van der Waals surface area contributed by atoms with Crippen LogP contribution in [0.1, 0.15) is 79.5 Å². The summed E-state index contributed by atoms with van der Waals surface area (Å²) in [7, 11) is 0. The van der Waals surface area contributed by atoms with Crippen molar-refractivity contribution in [3.05, 3.63) is 61.7 Å². The molecule has 1 amide bonds. The molecule has 210 valence electrons. The molecule has 0 spiro atoms. The van der Waals surface area contributed by atoms with E-state index in [1.54, 1.807) is 31.4 Å².